The van der Waals surface area contributed by atoms with Gasteiger partial charge in [0.05, 0.1) is 0 Å². The average molecular weight is 213 g/mol. The summed E-state index contributed by atoms with van der Waals surface area (Å²) in [6.07, 6.45) is 2.41. The predicted molar refractivity (Wildman–Crippen MR) is 52.8 cm³/mol. The molecule has 0 atom stereocenters. The molecule has 15 heavy (non-hydrogen) atoms. The van der Waals surface area contributed by atoms with Gasteiger partial charge in [-0.1, -0.05) is 0 Å². The maximum absolute atomic E-state index is 13.0. The topological polar surface area (TPSA) is 32.3 Å². The van der Waals surface area contributed by atoms with E-state index in [2.05, 4.69) is 5.32 Å². The maximum Gasteiger partial charge on any atom is 0.168 e. The SMILES string of the molecule is CNC1(Cc2cc(F)cc(F)c2O)CC1. The third-order valence-corrected chi connectivity index (χ3v) is 3.02. The molecule has 0 aliphatic heterocycles. The number of phenolic OH excluding ortho intramolecular Hbond substituents is 1. The molecule has 0 bridgehead atoms. The molecule has 0 unspecified atom stereocenters. The first kappa shape index (κ1) is 10.4. The van der Waals surface area contributed by atoms with Gasteiger partial charge < -0.3 is 10.4 Å². The normalized spacial score (nSPS) is 17.8. The molecule has 0 heterocycles. The third-order valence-electron chi connectivity index (χ3n) is 3.02. The van der Waals surface area contributed by atoms with Crippen molar-refractivity contribution in [2.75, 3.05) is 7.05 Å². The monoisotopic (exact) mass is 213 g/mol. The van der Waals surface area contributed by atoms with E-state index in [-0.39, 0.29) is 5.54 Å². The lowest BCUT2D eigenvalue weighted by atomic mass is 10.0. The minimum Gasteiger partial charge on any atom is -0.505 e. The summed E-state index contributed by atoms with van der Waals surface area (Å²) in [4.78, 5) is 0. The van der Waals surface area contributed by atoms with E-state index in [4.69, 9.17) is 0 Å². The molecule has 0 spiro atoms. The highest BCUT2D eigenvalue weighted by molar-refractivity contribution is 5.36. The first-order valence-electron chi connectivity index (χ1n) is 4.92. The van der Waals surface area contributed by atoms with Gasteiger partial charge in [0.15, 0.2) is 11.6 Å². The fraction of sp³-hybridized carbons (Fsp3) is 0.455. The van der Waals surface area contributed by atoms with Crippen molar-refractivity contribution in [3.05, 3.63) is 29.3 Å². The van der Waals surface area contributed by atoms with E-state index in [1.165, 1.54) is 6.07 Å². The molecule has 1 saturated carbocycles. The molecule has 4 heteroatoms. The number of rotatable bonds is 3. The fourth-order valence-corrected chi connectivity index (χ4v) is 1.78. The highest BCUT2D eigenvalue weighted by Gasteiger charge is 2.41. The van der Waals surface area contributed by atoms with Crippen LogP contribution in [-0.2, 0) is 6.42 Å². The highest BCUT2D eigenvalue weighted by atomic mass is 19.1. The van der Waals surface area contributed by atoms with E-state index < -0.39 is 17.4 Å². The number of hydrogen-bond acceptors (Lipinski definition) is 2. The molecule has 1 aromatic rings. The van der Waals surface area contributed by atoms with Gasteiger partial charge in [-0.15, -0.1) is 0 Å². The van der Waals surface area contributed by atoms with E-state index in [0.29, 0.717) is 18.1 Å². The van der Waals surface area contributed by atoms with Crippen LogP contribution < -0.4 is 5.32 Å². The number of likely N-dealkylation sites (N-methyl/N-ethyl adjacent to an activating group) is 1. The van der Waals surface area contributed by atoms with Crippen molar-refractivity contribution in [1.82, 2.24) is 5.32 Å². The molecule has 0 radical (unpaired) electrons. The van der Waals surface area contributed by atoms with Crippen molar-refractivity contribution >= 4 is 0 Å². The van der Waals surface area contributed by atoms with Gasteiger partial charge in [0.1, 0.15) is 5.82 Å². The zero-order valence-corrected chi connectivity index (χ0v) is 8.48. The van der Waals surface area contributed by atoms with E-state index in [1.807, 2.05) is 7.05 Å². The Hall–Kier alpha value is -1.16. The van der Waals surface area contributed by atoms with Crippen molar-refractivity contribution in [2.45, 2.75) is 24.8 Å². The summed E-state index contributed by atoms with van der Waals surface area (Å²) in [7, 11) is 1.82. The molecular formula is C11H13F2NO. The third kappa shape index (κ3) is 1.95. The van der Waals surface area contributed by atoms with Gasteiger partial charge in [0, 0.05) is 17.2 Å². The van der Waals surface area contributed by atoms with Crippen LogP contribution in [0.3, 0.4) is 0 Å². The Balaban J connectivity index is 2.28. The number of halogens is 2. The summed E-state index contributed by atoms with van der Waals surface area (Å²) < 4.78 is 26.0. The molecule has 0 aromatic heterocycles. The number of hydrogen-bond donors (Lipinski definition) is 2. The van der Waals surface area contributed by atoms with Crippen molar-refractivity contribution in [3.8, 4) is 5.75 Å². The largest absolute Gasteiger partial charge is 0.505 e. The van der Waals surface area contributed by atoms with Crippen LogP contribution in [0.1, 0.15) is 18.4 Å². The molecule has 82 valence electrons. The summed E-state index contributed by atoms with van der Waals surface area (Å²) in [5.74, 6) is -1.97. The molecule has 2 nitrogen and oxygen atoms in total. The van der Waals surface area contributed by atoms with Crippen molar-refractivity contribution < 1.29 is 13.9 Å². The molecule has 1 fully saturated rings. The van der Waals surface area contributed by atoms with E-state index >= 15 is 0 Å². The molecule has 1 aliphatic carbocycles. The van der Waals surface area contributed by atoms with Gasteiger partial charge in [-0.3, -0.25) is 0 Å². The summed E-state index contributed by atoms with van der Waals surface area (Å²) in [6, 6.07) is 1.88. The molecule has 2 N–H and O–H groups in total. The summed E-state index contributed by atoms with van der Waals surface area (Å²) in [6.45, 7) is 0. The number of phenols is 1. The van der Waals surface area contributed by atoms with Crippen LogP contribution in [0, 0.1) is 11.6 Å². The minimum absolute atomic E-state index is 0.0717. The van der Waals surface area contributed by atoms with Crippen molar-refractivity contribution in [3.63, 3.8) is 0 Å². The first-order chi connectivity index (χ1) is 7.06. The first-order valence-corrected chi connectivity index (χ1v) is 4.92. The van der Waals surface area contributed by atoms with Gasteiger partial charge in [0.25, 0.3) is 0 Å². The van der Waals surface area contributed by atoms with Crippen LogP contribution in [0.4, 0.5) is 8.78 Å². The van der Waals surface area contributed by atoms with E-state index in [1.54, 1.807) is 0 Å². The fourth-order valence-electron chi connectivity index (χ4n) is 1.78. The Morgan fingerprint density at radius 1 is 1.40 bits per heavy atom. The minimum atomic E-state index is -0.892. The van der Waals surface area contributed by atoms with Gasteiger partial charge in [0.2, 0.25) is 0 Å². The Morgan fingerprint density at radius 2 is 2.07 bits per heavy atom. The molecule has 1 aromatic carbocycles. The Morgan fingerprint density at radius 3 is 2.60 bits per heavy atom. The Kier molecular flexibility index (Phi) is 2.38. The molecular weight excluding hydrogens is 200 g/mol. The average Bonchev–Trinajstić information content (AvgIpc) is 2.94. The Labute approximate surface area is 86.9 Å². The smallest absolute Gasteiger partial charge is 0.168 e. The van der Waals surface area contributed by atoms with Crippen molar-refractivity contribution in [2.24, 2.45) is 0 Å². The van der Waals surface area contributed by atoms with Crippen LogP contribution in [0.25, 0.3) is 0 Å². The summed E-state index contributed by atoms with van der Waals surface area (Å²) in [5.41, 5.74) is 0.261. The van der Waals surface area contributed by atoms with Gasteiger partial charge in [-0.05, 0) is 32.4 Å². The Bertz CT molecular complexity index is 388. The van der Waals surface area contributed by atoms with Crippen LogP contribution in [-0.4, -0.2) is 17.7 Å². The standard InChI is InChI=1S/C11H13F2NO/c1-14-11(2-3-11)6-7-4-8(12)5-9(13)10(7)15/h4-5,14-15H,2-3,6H2,1H3. The lowest BCUT2D eigenvalue weighted by molar-refractivity contribution is 0.414. The van der Waals surface area contributed by atoms with Gasteiger partial charge in [-0.25, -0.2) is 8.78 Å². The summed E-state index contributed by atoms with van der Waals surface area (Å²) >= 11 is 0. The lowest BCUT2D eigenvalue weighted by Crippen LogP contribution is -2.29. The second-order valence-corrected chi connectivity index (χ2v) is 4.10. The van der Waals surface area contributed by atoms with Crippen molar-refractivity contribution in [1.29, 1.82) is 0 Å². The lowest BCUT2D eigenvalue weighted by Gasteiger charge is -2.15. The number of nitrogens with one attached hydrogen (secondary N) is 1. The van der Waals surface area contributed by atoms with Crippen LogP contribution in [0.2, 0.25) is 0 Å². The quantitative estimate of drug-likeness (QED) is 0.804. The zero-order chi connectivity index (χ0) is 11.1. The molecule has 1 aliphatic rings. The zero-order valence-electron chi connectivity index (χ0n) is 8.48. The maximum atomic E-state index is 13.0. The number of benzene rings is 1. The van der Waals surface area contributed by atoms with Crippen LogP contribution in [0.5, 0.6) is 5.75 Å². The van der Waals surface area contributed by atoms with E-state index in [0.717, 1.165) is 12.8 Å². The van der Waals surface area contributed by atoms with E-state index in [9.17, 15) is 13.9 Å². The second-order valence-electron chi connectivity index (χ2n) is 4.10. The van der Waals surface area contributed by atoms with Gasteiger partial charge in [-0.2, -0.15) is 0 Å². The van der Waals surface area contributed by atoms with Crippen LogP contribution in [0.15, 0.2) is 12.1 Å². The summed E-state index contributed by atoms with van der Waals surface area (Å²) in [5, 5.41) is 12.6. The predicted octanol–water partition coefficient (Wildman–Crippen LogP) is 1.96. The second kappa shape index (κ2) is 3.45. The van der Waals surface area contributed by atoms with Gasteiger partial charge >= 0.3 is 0 Å². The molecule has 0 saturated heterocycles. The molecule has 2 rings (SSSR count). The van der Waals surface area contributed by atoms with Crippen LogP contribution >= 0.6 is 0 Å². The highest BCUT2D eigenvalue weighted by Crippen LogP contribution is 2.40. The number of aromatic hydroxyl groups is 1. The molecule has 0 amide bonds.